The third-order valence-corrected chi connectivity index (χ3v) is 4.01. The number of anilines is 1. The van der Waals surface area contributed by atoms with E-state index in [2.05, 4.69) is 5.32 Å². The predicted octanol–water partition coefficient (Wildman–Crippen LogP) is 3.45. The second-order valence-corrected chi connectivity index (χ2v) is 6.30. The first-order valence-corrected chi connectivity index (χ1v) is 8.02. The summed E-state index contributed by atoms with van der Waals surface area (Å²) < 4.78 is 10.7. The zero-order valence-corrected chi connectivity index (χ0v) is 14.4. The Labute approximate surface area is 146 Å². The zero-order valence-electron chi connectivity index (χ0n) is 13.6. The normalized spacial score (nSPS) is 12.5. The summed E-state index contributed by atoms with van der Waals surface area (Å²) in [7, 11) is 1.89. The molecule has 1 amide bonds. The number of nitrogens with one attached hydrogen (secondary N) is 1. The molecule has 0 saturated heterocycles. The van der Waals surface area contributed by atoms with Gasteiger partial charge in [-0.3, -0.25) is 9.69 Å². The quantitative estimate of drug-likeness (QED) is 0.901. The molecular formula is C18H19ClN2O3. The van der Waals surface area contributed by atoms with Gasteiger partial charge >= 0.3 is 0 Å². The summed E-state index contributed by atoms with van der Waals surface area (Å²) in [5, 5.41) is 3.38. The minimum atomic E-state index is -0.107. The van der Waals surface area contributed by atoms with Crippen LogP contribution in [0, 0.1) is 6.92 Å². The van der Waals surface area contributed by atoms with Crippen LogP contribution in [0.5, 0.6) is 11.5 Å². The van der Waals surface area contributed by atoms with E-state index < -0.39 is 0 Å². The van der Waals surface area contributed by atoms with Gasteiger partial charge in [-0.25, -0.2) is 0 Å². The number of hydrogen-bond donors (Lipinski definition) is 1. The van der Waals surface area contributed by atoms with Crippen molar-refractivity contribution in [1.29, 1.82) is 0 Å². The van der Waals surface area contributed by atoms with E-state index in [0.29, 0.717) is 17.3 Å². The van der Waals surface area contributed by atoms with Crippen molar-refractivity contribution in [1.82, 2.24) is 4.90 Å². The molecule has 0 saturated carbocycles. The van der Waals surface area contributed by atoms with Crippen molar-refractivity contribution in [2.45, 2.75) is 13.5 Å². The van der Waals surface area contributed by atoms with Gasteiger partial charge in [-0.1, -0.05) is 23.7 Å². The molecule has 0 aliphatic carbocycles. The molecule has 0 radical (unpaired) electrons. The monoisotopic (exact) mass is 346 g/mol. The largest absolute Gasteiger partial charge is 0.454 e. The van der Waals surface area contributed by atoms with Gasteiger partial charge in [-0.15, -0.1) is 0 Å². The molecule has 0 aromatic heterocycles. The van der Waals surface area contributed by atoms with Crippen molar-refractivity contribution in [2.24, 2.45) is 0 Å². The third-order valence-electron chi connectivity index (χ3n) is 3.70. The lowest BCUT2D eigenvalue weighted by Gasteiger charge is -2.17. The van der Waals surface area contributed by atoms with Crippen LogP contribution in [0.2, 0.25) is 5.02 Å². The van der Waals surface area contributed by atoms with Crippen LogP contribution in [0.3, 0.4) is 0 Å². The smallest absolute Gasteiger partial charge is 0.238 e. The fourth-order valence-electron chi connectivity index (χ4n) is 2.56. The average Bonchev–Trinajstić information content (AvgIpc) is 2.97. The van der Waals surface area contributed by atoms with Crippen molar-refractivity contribution >= 4 is 23.2 Å². The standard InChI is InChI=1S/C18H19ClN2O3/c1-12-3-5-15(14(19)7-12)20-18(22)10-21(2)9-13-4-6-16-17(8-13)24-11-23-16/h3-8H,9-11H2,1-2H3,(H,20,22). The van der Waals surface area contributed by atoms with Gasteiger partial charge in [0.25, 0.3) is 0 Å². The van der Waals surface area contributed by atoms with E-state index in [1.54, 1.807) is 0 Å². The highest BCUT2D eigenvalue weighted by molar-refractivity contribution is 6.33. The van der Waals surface area contributed by atoms with Crippen LogP contribution in [0.4, 0.5) is 5.69 Å². The van der Waals surface area contributed by atoms with Crippen molar-refractivity contribution in [3.63, 3.8) is 0 Å². The number of aryl methyl sites for hydroxylation is 1. The van der Waals surface area contributed by atoms with Gasteiger partial charge in [0.15, 0.2) is 11.5 Å². The molecule has 1 heterocycles. The zero-order chi connectivity index (χ0) is 17.1. The number of halogens is 1. The SMILES string of the molecule is Cc1ccc(NC(=O)CN(C)Cc2ccc3c(c2)OCO3)c(Cl)c1. The Morgan fingerprint density at radius 2 is 2.00 bits per heavy atom. The molecule has 2 aromatic rings. The number of rotatable bonds is 5. The number of amides is 1. The summed E-state index contributed by atoms with van der Waals surface area (Å²) in [4.78, 5) is 14.1. The maximum atomic E-state index is 12.2. The number of likely N-dealkylation sites (N-methyl/N-ethyl adjacent to an activating group) is 1. The molecule has 1 N–H and O–H groups in total. The third kappa shape index (κ3) is 3.99. The molecule has 0 fully saturated rings. The first-order valence-electron chi connectivity index (χ1n) is 7.64. The van der Waals surface area contributed by atoms with Gasteiger partial charge in [0.1, 0.15) is 0 Å². The Bertz CT molecular complexity index is 764. The molecule has 5 nitrogen and oxygen atoms in total. The maximum absolute atomic E-state index is 12.2. The van der Waals surface area contributed by atoms with E-state index in [4.69, 9.17) is 21.1 Å². The molecule has 0 spiro atoms. The van der Waals surface area contributed by atoms with Crippen molar-refractivity contribution in [3.05, 3.63) is 52.5 Å². The van der Waals surface area contributed by atoms with E-state index >= 15 is 0 Å². The van der Waals surface area contributed by atoms with Crippen LogP contribution in [0.25, 0.3) is 0 Å². The molecule has 3 rings (SSSR count). The van der Waals surface area contributed by atoms with Crippen molar-refractivity contribution in [2.75, 3.05) is 25.7 Å². The summed E-state index contributed by atoms with van der Waals surface area (Å²) in [5.41, 5.74) is 2.74. The van der Waals surface area contributed by atoms with Crippen LogP contribution in [-0.2, 0) is 11.3 Å². The summed E-state index contributed by atoms with van der Waals surface area (Å²) in [6.45, 7) is 3.11. The fraction of sp³-hybridized carbons (Fsp3) is 0.278. The summed E-state index contributed by atoms with van der Waals surface area (Å²) >= 11 is 6.14. The topological polar surface area (TPSA) is 50.8 Å². The van der Waals surface area contributed by atoms with Crippen LogP contribution in [0.15, 0.2) is 36.4 Å². The van der Waals surface area contributed by atoms with Crippen LogP contribution >= 0.6 is 11.6 Å². The summed E-state index contributed by atoms with van der Waals surface area (Å²) in [6.07, 6.45) is 0. The molecule has 0 bridgehead atoms. The highest BCUT2D eigenvalue weighted by atomic mass is 35.5. The Morgan fingerprint density at radius 3 is 2.79 bits per heavy atom. The number of hydrogen-bond acceptors (Lipinski definition) is 4. The van der Waals surface area contributed by atoms with E-state index in [0.717, 1.165) is 22.6 Å². The molecule has 6 heteroatoms. The lowest BCUT2D eigenvalue weighted by molar-refractivity contribution is -0.117. The molecule has 1 aliphatic rings. The lowest BCUT2D eigenvalue weighted by Crippen LogP contribution is -2.29. The molecule has 126 valence electrons. The Balaban J connectivity index is 1.56. The predicted molar refractivity (Wildman–Crippen MR) is 93.7 cm³/mol. The molecule has 0 atom stereocenters. The average molecular weight is 347 g/mol. The molecule has 1 aliphatic heterocycles. The first-order chi connectivity index (χ1) is 11.5. The van der Waals surface area contributed by atoms with Gasteiger partial charge < -0.3 is 14.8 Å². The first kappa shape index (κ1) is 16.6. The van der Waals surface area contributed by atoms with Gasteiger partial charge in [0.2, 0.25) is 12.7 Å². The van der Waals surface area contributed by atoms with Crippen molar-refractivity contribution in [3.8, 4) is 11.5 Å². The minimum Gasteiger partial charge on any atom is -0.454 e. The van der Waals surface area contributed by atoms with Crippen molar-refractivity contribution < 1.29 is 14.3 Å². The van der Waals surface area contributed by atoms with Gasteiger partial charge in [0.05, 0.1) is 17.3 Å². The van der Waals surface area contributed by atoms with Gasteiger partial charge in [0, 0.05) is 6.54 Å². The Hall–Kier alpha value is -2.24. The summed E-state index contributed by atoms with van der Waals surface area (Å²) in [5.74, 6) is 1.40. The van der Waals surface area contributed by atoms with Crippen LogP contribution in [0.1, 0.15) is 11.1 Å². The molecular weight excluding hydrogens is 328 g/mol. The van der Waals surface area contributed by atoms with E-state index in [1.807, 2.05) is 55.3 Å². The van der Waals surface area contributed by atoms with Crippen LogP contribution in [-0.4, -0.2) is 31.2 Å². The fourth-order valence-corrected chi connectivity index (χ4v) is 2.85. The number of benzene rings is 2. The number of fused-ring (bicyclic) bond motifs is 1. The highest BCUT2D eigenvalue weighted by Crippen LogP contribution is 2.32. The Morgan fingerprint density at radius 1 is 1.21 bits per heavy atom. The van der Waals surface area contributed by atoms with Gasteiger partial charge in [-0.05, 0) is 49.4 Å². The van der Waals surface area contributed by atoms with E-state index in [-0.39, 0.29) is 19.2 Å². The molecule has 2 aromatic carbocycles. The highest BCUT2D eigenvalue weighted by Gasteiger charge is 2.15. The molecule has 0 unspecified atom stereocenters. The number of carbonyl (C=O) groups is 1. The second-order valence-electron chi connectivity index (χ2n) is 5.89. The van der Waals surface area contributed by atoms with Crippen LogP contribution < -0.4 is 14.8 Å². The number of nitrogens with zero attached hydrogens (tertiary/aromatic N) is 1. The summed E-state index contributed by atoms with van der Waals surface area (Å²) in [6, 6.07) is 11.3. The lowest BCUT2D eigenvalue weighted by atomic mass is 10.2. The number of carbonyl (C=O) groups excluding carboxylic acids is 1. The minimum absolute atomic E-state index is 0.107. The second kappa shape index (κ2) is 7.11. The van der Waals surface area contributed by atoms with E-state index in [9.17, 15) is 4.79 Å². The van der Waals surface area contributed by atoms with Gasteiger partial charge in [-0.2, -0.15) is 0 Å². The maximum Gasteiger partial charge on any atom is 0.238 e. The van der Waals surface area contributed by atoms with E-state index in [1.165, 1.54) is 0 Å². The number of ether oxygens (including phenoxy) is 2. The Kier molecular flexibility index (Phi) is 4.92. The molecule has 24 heavy (non-hydrogen) atoms.